The van der Waals surface area contributed by atoms with E-state index in [-0.39, 0.29) is 5.91 Å². The van der Waals surface area contributed by atoms with Crippen LogP contribution in [0.2, 0.25) is 0 Å². The number of hydrogen-bond acceptors (Lipinski definition) is 6. The van der Waals surface area contributed by atoms with Crippen molar-refractivity contribution in [1.29, 1.82) is 0 Å². The second-order valence-electron chi connectivity index (χ2n) is 6.08. The average molecular weight is 370 g/mol. The molecule has 1 fully saturated rings. The number of pyridine rings is 1. The van der Waals surface area contributed by atoms with E-state index in [9.17, 15) is 9.59 Å². The Labute approximate surface area is 157 Å². The zero-order chi connectivity index (χ0) is 19.2. The Bertz CT molecular complexity index is 819. The molecule has 0 atom stereocenters. The fourth-order valence-electron chi connectivity index (χ4n) is 2.92. The molecule has 0 bridgehead atoms. The Morgan fingerprint density at radius 1 is 1.11 bits per heavy atom. The van der Waals surface area contributed by atoms with E-state index in [0.717, 1.165) is 12.1 Å². The Hall–Kier alpha value is -3.29. The molecule has 2 aromatic rings. The summed E-state index contributed by atoms with van der Waals surface area (Å²) in [5.41, 5.74) is 1.81. The lowest BCUT2D eigenvalue weighted by Gasteiger charge is -2.34. The smallest absolute Gasteiger partial charge is 0.257 e. The summed E-state index contributed by atoms with van der Waals surface area (Å²) in [6, 6.07) is 6.99. The van der Waals surface area contributed by atoms with Crippen molar-refractivity contribution in [2.45, 2.75) is 0 Å². The highest BCUT2D eigenvalue weighted by atomic mass is 16.5. The fraction of sp³-hybridized carbons (Fsp3) is 0.316. The van der Waals surface area contributed by atoms with Crippen molar-refractivity contribution in [2.75, 3.05) is 50.6 Å². The Kier molecular flexibility index (Phi) is 5.75. The van der Waals surface area contributed by atoms with Crippen LogP contribution in [0.3, 0.4) is 0 Å². The SMILES string of the molecule is COc1ccc(OC)c(NC(=O)c2cncc(N3CCN(C=O)CC3)c2)c1. The van der Waals surface area contributed by atoms with Crippen molar-refractivity contribution in [3.63, 3.8) is 0 Å². The molecule has 2 amide bonds. The minimum atomic E-state index is -0.289. The Morgan fingerprint density at radius 2 is 1.89 bits per heavy atom. The van der Waals surface area contributed by atoms with Crippen molar-refractivity contribution in [3.8, 4) is 11.5 Å². The number of rotatable bonds is 6. The Morgan fingerprint density at radius 3 is 2.56 bits per heavy atom. The molecule has 2 heterocycles. The molecule has 142 valence electrons. The van der Waals surface area contributed by atoms with Gasteiger partial charge < -0.3 is 24.6 Å². The standard InChI is InChI=1S/C19H22N4O4/c1-26-16-3-4-18(27-2)17(10-16)21-19(25)14-9-15(12-20-11-14)23-7-5-22(13-24)6-8-23/h3-4,9-13H,5-8H2,1-2H3,(H,21,25). The van der Waals surface area contributed by atoms with E-state index in [2.05, 4.69) is 15.2 Å². The van der Waals surface area contributed by atoms with Gasteiger partial charge in [-0.2, -0.15) is 0 Å². The van der Waals surface area contributed by atoms with Crippen LogP contribution < -0.4 is 19.7 Å². The van der Waals surface area contributed by atoms with E-state index in [1.165, 1.54) is 6.20 Å². The molecule has 1 aromatic carbocycles. The number of nitrogens with one attached hydrogen (secondary N) is 1. The predicted octanol–water partition coefficient (Wildman–Crippen LogP) is 1.63. The second-order valence-corrected chi connectivity index (χ2v) is 6.08. The van der Waals surface area contributed by atoms with Crippen molar-refractivity contribution in [2.24, 2.45) is 0 Å². The summed E-state index contributed by atoms with van der Waals surface area (Å²) in [4.78, 5) is 31.6. The van der Waals surface area contributed by atoms with E-state index < -0.39 is 0 Å². The van der Waals surface area contributed by atoms with Gasteiger partial charge in [-0.05, 0) is 18.2 Å². The van der Waals surface area contributed by atoms with Crippen molar-refractivity contribution < 1.29 is 19.1 Å². The highest BCUT2D eigenvalue weighted by molar-refractivity contribution is 6.05. The first-order valence-electron chi connectivity index (χ1n) is 8.57. The van der Waals surface area contributed by atoms with Crippen LogP contribution in [-0.4, -0.2) is 62.6 Å². The summed E-state index contributed by atoms with van der Waals surface area (Å²) < 4.78 is 10.5. The number of piperazine rings is 1. The summed E-state index contributed by atoms with van der Waals surface area (Å²) in [6.45, 7) is 2.71. The lowest BCUT2D eigenvalue weighted by atomic mass is 10.2. The number of nitrogens with zero attached hydrogens (tertiary/aromatic N) is 3. The number of carbonyl (C=O) groups excluding carboxylic acids is 2. The minimum absolute atomic E-state index is 0.289. The van der Waals surface area contributed by atoms with Crippen LogP contribution in [0.5, 0.6) is 11.5 Å². The molecule has 0 saturated carbocycles. The highest BCUT2D eigenvalue weighted by Crippen LogP contribution is 2.29. The normalized spacial score (nSPS) is 13.9. The van der Waals surface area contributed by atoms with Gasteiger partial charge in [0.15, 0.2) is 0 Å². The maximum atomic E-state index is 12.7. The molecule has 27 heavy (non-hydrogen) atoms. The van der Waals surface area contributed by atoms with Crippen LogP contribution in [0.25, 0.3) is 0 Å². The summed E-state index contributed by atoms with van der Waals surface area (Å²) in [7, 11) is 3.10. The summed E-state index contributed by atoms with van der Waals surface area (Å²) in [5.74, 6) is 0.867. The molecule has 3 rings (SSSR count). The number of amides is 2. The van der Waals surface area contributed by atoms with Crippen LogP contribution in [0, 0.1) is 0 Å². The zero-order valence-corrected chi connectivity index (χ0v) is 15.3. The number of benzene rings is 1. The van der Waals surface area contributed by atoms with Gasteiger partial charge in [0.05, 0.1) is 37.4 Å². The molecule has 1 aliphatic heterocycles. The fourth-order valence-corrected chi connectivity index (χ4v) is 2.92. The van der Waals surface area contributed by atoms with Gasteiger partial charge in [-0.1, -0.05) is 0 Å². The van der Waals surface area contributed by atoms with Crippen LogP contribution in [0.1, 0.15) is 10.4 Å². The van der Waals surface area contributed by atoms with E-state index in [4.69, 9.17) is 9.47 Å². The molecule has 8 nitrogen and oxygen atoms in total. The second kappa shape index (κ2) is 8.39. The lowest BCUT2D eigenvalue weighted by Crippen LogP contribution is -2.45. The number of anilines is 2. The lowest BCUT2D eigenvalue weighted by molar-refractivity contribution is -0.118. The number of hydrogen-bond donors (Lipinski definition) is 1. The largest absolute Gasteiger partial charge is 0.497 e. The monoisotopic (exact) mass is 370 g/mol. The molecule has 8 heteroatoms. The molecule has 0 unspecified atom stereocenters. The molecule has 0 radical (unpaired) electrons. The molecule has 0 spiro atoms. The first-order chi connectivity index (χ1) is 13.1. The number of ether oxygens (including phenoxy) is 2. The van der Waals surface area contributed by atoms with Crippen LogP contribution in [0.4, 0.5) is 11.4 Å². The van der Waals surface area contributed by atoms with Gasteiger partial charge in [0.2, 0.25) is 6.41 Å². The van der Waals surface area contributed by atoms with E-state index >= 15 is 0 Å². The van der Waals surface area contributed by atoms with Gasteiger partial charge in [0.25, 0.3) is 5.91 Å². The zero-order valence-electron chi connectivity index (χ0n) is 15.3. The molecule has 1 aliphatic rings. The molecular weight excluding hydrogens is 348 g/mol. The number of carbonyl (C=O) groups is 2. The van der Waals surface area contributed by atoms with E-state index in [1.54, 1.807) is 49.6 Å². The third-order valence-electron chi connectivity index (χ3n) is 4.47. The first kappa shape index (κ1) is 18.5. The topological polar surface area (TPSA) is 84.0 Å². The first-order valence-corrected chi connectivity index (χ1v) is 8.57. The van der Waals surface area contributed by atoms with Crippen molar-refractivity contribution in [3.05, 3.63) is 42.2 Å². The van der Waals surface area contributed by atoms with Gasteiger partial charge in [-0.15, -0.1) is 0 Å². The maximum Gasteiger partial charge on any atom is 0.257 e. The summed E-state index contributed by atoms with van der Waals surface area (Å²) in [5, 5.41) is 2.84. The highest BCUT2D eigenvalue weighted by Gasteiger charge is 2.18. The summed E-state index contributed by atoms with van der Waals surface area (Å²) >= 11 is 0. The number of aromatic nitrogens is 1. The van der Waals surface area contributed by atoms with Crippen LogP contribution >= 0.6 is 0 Å². The predicted molar refractivity (Wildman–Crippen MR) is 102 cm³/mol. The van der Waals surface area contributed by atoms with Crippen LogP contribution in [0.15, 0.2) is 36.7 Å². The minimum Gasteiger partial charge on any atom is -0.497 e. The molecule has 1 aromatic heterocycles. The number of methoxy groups -OCH3 is 2. The van der Waals surface area contributed by atoms with Gasteiger partial charge >= 0.3 is 0 Å². The van der Waals surface area contributed by atoms with E-state index in [0.29, 0.717) is 48.9 Å². The van der Waals surface area contributed by atoms with E-state index in [1.807, 2.05) is 0 Å². The molecule has 0 aliphatic carbocycles. The average Bonchev–Trinajstić information content (AvgIpc) is 2.73. The third-order valence-corrected chi connectivity index (χ3v) is 4.47. The third kappa shape index (κ3) is 4.28. The van der Waals surface area contributed by atoms with Crippen molar-refractivity contribution >= 4 is 23.7 Å². The van der Waals surface area contributed by atoms with Crippen LogP contribution in [-0.2, 0) is 4.79 Å². The molecular formula is C19H22N4O4. The summed E-state index contributed by atoms with van der Waals surface area (Å²) in [6.07, 6.45) is 4.10. The molecule has 1 saturated heterocycles. The Balaban J connectivity index is 1.75. The van der Waals surface area contributed by atoms with Gasteiger partial charge in [0, 0.05) is 38.4 Å². The van der Waals surface area contributed by atoms with Gasteiger partial charge in [-0.25, -0.2) is 0 Å². The quantitative estimate of drug-likeness (QED) is 0.778. The molecule has 1 N–H and O–H groups in total. The van der Waals surface area contributed by atoms with Gasteiger partial charge in [-0.3, -0.25) is 14.6 Å². The van der Waals surface area contributed by atoms with Crippen molar-refractivity contribution in [1.82, 2.24) is 9.88 Å². The maximum absolute atomic E-state index is 12.7. The van der Waals surface area contributed by atoms with Gasteiger partial charge in [0.1, 0.15) is 11.5 Å².